The molecule has 1 rings (SSSR count). The summed E-state index contributed by atoms with van der Waals surface area (Å²) >= 11 is 0. The molecule has 31 heavy (non-hydrogen) atoms. The second-order valence-electron chi connectivity index (χ2n) is 7.87. The Kier molecular flexibility index (Phi) is 13.2. The number of carbonyl (C=O) groups excluding carboxylic acids is 5. The quantitative estimate of drug-likeness (QED) is 0.281. The number of rotatable bonds is 16. The van der Waals surface area contributed by atoms with E-state index in [-0.39, 0.29) is 37.6 Å². The molecule has 1 aliphatic heterocycles. The van der Waals surface area contributed by atoms with E-state index in [4.69, 9.17) is 4.84 Å². The molecule has 0 saturated carbocycles. The average Bonchev–Trinajstić information content (AvgIpc) is 3.05. The van der Waals surface area contributed by atoms with E-state index in [0.717, 1.165) is 44.9 Å². The molecule has 0 aromatic rings. The van der Waals surface area contributed by atoms with Gasteiger partial charge in [-0.25, -0.2) is 4.79 Å². The molecule has 0 aromatic carbocycles. The summed E-state index contributed by atoms with van der Waals surface area (Å²) in [5.74, 6) is -2.12. The molecule has 1 aliphatic rings. The lowest BCUT2D eigenvalue weighted by Crippen LogP contribution is -2.47. The van der Waals surface area contributed by atoms with Gasteiger partial charge in [0.2, 0.25) is 11.8 Å². The van der Waals surface area contributed by atoms with Crippen LogP contribution in [0, 0.1) is 0 Å². The van der Waals surface area contributed by atoms with Gasteiger partial charge in [0.1, 0.15) is 6.04 Å². The molecule has 1 unspecified atom stereocenters. The summed E-state index contributed by atoms with van der Waals surface area (Å²) < 4.78 is 0. The maximum absolute atomic E-state index is 12.5. The minimum Gasteiger partial charge on any atom is -0.354 e. The molecule has 9 nitrogen and oxygen atoms in total. The largest absolute Gasteiger partial charge is 0.354 e. The summed E-state index contributed by atoms with van der Waals surface area (Å²) in [5.41, 5.74) is 0. The van der Waals surface area contributed by atoms with Crippen molar-refractivity contribution in [3.8, 4) is 0 Å². The first-order valence-electron chi connectivity index (χ1n) is 11.5. The predicted octanol–water partition coefficient (Wildman–Crippen LogP) is 2.53. The Balaban J connectivity index is 2.36. The van der Waals surface area contributed by atoms with Crippen LogP contribution in [0.2, 0.25) is 0 Å². The lowest BCUT2D eigenvalue weighted by atomic mass is 10.1. The number of imide groups is 1. The van der Waals surface area contributed by atoms with E-state index in [1.165, 1.54) is 0 Å². The van der Waals surface area contributed by atoms with Crippen LogP contribution in [0.15, 0.2) is 0 Å². The second kappa shape index (κ2) is 15.4. The van der Waals surface area contributed by atoms with Crippen molar-refractivity contribution >= 4 is 29.6 Å². The molecule has 0 spiro atoms. The lowest BCUT2D eigenvalue weighted by molar-refractivity contribution is -0.197. The van der Waals surface area contributed by atoms with Crippen LogP contribution in [0.5, 0.6) is 0 Å². The number of amides is 4. The zero-order chi connectivity index (χ0) is 23.1. The van der Waals surface area contributed by atoms with Gasteiger partial charge in [0.05, 0.1) is 0 Å². The molecule has 0 aromatic heterocycles. The predicted molar refractivity (Wildman–Crippen MR) is 114 cm³/mol. The maximum atomic E-state index is 12.5. The van der Waals surface area contributed by atoms with Crippen molar-refractivity contribution in [2.45, 2.75) is 103 Å². The summed E-state index contributed by atoms with van der Waals surface area (Å²) in [6, 6.07) is -0.586. The molecule has 9 heteroatoms. The van der Waals surface area contributed by atoms with E-state index >= 15 is 0 Å². The van der Waals surface area contributed by atoms with Crippen LogP contribution < -0.4 is 10.6 Å². The molecule has 0 radical (unpaired) electrons. The van der Waals surface area contributed by atoms with Crippen molar-refractivity contribution in [3.05, 3.63) is 0 Å². The summed E-state index contributed by atoms with van der Waals surface area (Å²) in [6.45, 7) is 4.41. The molecule has 1 fully saturated rings. The number of hydrogen-bond acceptors (Lipinski definition) is 6. The highest BCUT2D eigenvalue weighted by molar-refractivity contribution is 6.01. The van der Waals surface area contributed by atoms with E-state index in [1.807, 2.05) is 0 Å². The highest BCUT2D eigenvalue weighted by Gasteiger charge is 2.32. The molecular formula is C22H37N3O6. The van der Waals surface area contributed by atoms with Crippen molar-refractivity contribution < 1.29 is 28.8 Å². The average molecular weight is 440 g/mol. The summed E-state index contributed by atoms with van der Waals surface area (Å²) in [6.07, 6.45) is 8.19. The Hall–Kier alpha value is -2.45. The third kappa shape index (κ3) is 10.9. The Morgan fingerprint density at radius 2 is 1.55 bits per heavy atom. The van der Waals surface area contributed by atoms with Crippen molar-refractivity contribution in [1.82, 2.24) is 15.7 Å². The third-order valence-electron chi connectivity index (χ3n) is 5.06. The summed E-state index contributed by atoms with van der Waals surface area (Å²) in [4.78, 5) is 64.2. The van der Waals surface area contributed by atoms with Crippen LogP contribution >= 0.6 is 0 Å². The number of carbonyl (C=O) groups is 5. The number of nitrogens with one attached hydrogen (secondary N) is 2. The monoisotopic (exact) mass is 439 g/mol. The van der Waals surface area contributed by atoms with Gasteiger partial charge in [-0.1, -0.05) is 52.4 Å². The number of nitrogens with zero attached hydrogens (tertiary/aromatic N) is 1. The summed E-state index contributed by atoms with van der Waals surface area (Å²) in [5, 5.41) is 6.10. The number of hydroxylamine groups is 2. The normalized spacial score (nSPS) is 14.5. The van der Waals surface area contributed by atoms with Gasteiger partial charge >= 0.3 is 5.97 Å². The first-order chi connectivity index (χ1) is 14.9. The molecule has 4 amide bonds. The van der Waals surface area contributed by atoms with Gasteiger partial charge < -0.3 is 15.5 Å². The van der Waals surface area contributed by atoms with Crippen LogP contribution in [0.4, 0.5) is 0 Å². The number of hydrogen-bond donors (Lipinski definition) is 2. The molecule has 0 bridgehead atoms. The van der Waals surface area contributed by atoms with Gasteiger partial charge in [-0.15, -0.1) is 5.06 Å². The highest BCUT2D eigenvalue weighted by Crippen LogP contribution is 2.13. The maximum Gasteiger partial charge on any atom is 0.333 e. The van der Waals surface area contributed by atoms with Crippen LogP contribution in [-0.2, 0) is 28.8 Å². The zero-order valence-corrected chi connectivity index (χ0v) is 18.9. The lowest BCUT2D eigenvalue weighted by Gasteiger charge is -2.18. The topological polar surface area (TPSA) is 122 Å². The van der Waals surface area contributed by atoms with Crippen molar-refractivity contribution in [2.24, 2.45) is 0 Å². The van der Waals surface area contributed by atoms with Crippen LogP contribution in [-0.4, -0.2) is 47.2 Å². The van der Waals surface area contributed by atoms with Gasteiger partial charge in [0.15, 0.2) is 0 Å². The second-order valence-corrected chi connectivity index (χ2v) is 7.87. The van der Waals surface area contributed by atoms with E-state index in [0.29, 0.717) is 24.3 Å². The van der Waals surface area contributed by atoms with Crippen LogP contribution in [0.25, 0.3) is 0 Å². The Morgan fingerprint density at radius 3 is 2.19 bits per heavy atom. The molecule has 2 N–H and O–H groups in total. The van der Waals surface area contributed by atoms with E-state index in [2.05, 4.69) is 24.5 Å². The first-order valence-corrected chi connectivity index (χ1v) is 11.5. The van der Waals surface area contributed by atoms with Crippen molar-refractivity contribution in [1.29, 1.82) is 0 Å². The standard InChI is InChI=1S/C22H37N3O6/c1-3-5-7-9-12-18(26)24-17(11-8-6-4-2)22(30)23-16-10-13-21(29)31-25-19(27)14-15-20(25)28/h17H,3-16H2,1-2H3,(H,23,30)(H,24,26). The fraction of sp³-hybridized carbons (Fsp3) is 0.773. The number of unbranched alkanes of at least 4 members (excludes halogenated alkanes) is 5. The summed E-state index contributed by atoms with van der Waals surface area (Å²) in [7, 11) is 0. The van der Waals surface area contributed by atoms with Gasteiger partial charge in [-0.2, -0.15) is 0 Å². The zero-order valence-electron chi connectivity index (χ0n) is 18.9. The van der Waals surface area contributed by atoms with Crippen molar-refractivity contribution in [3.63, 3.8) is 0 Å². The van der Waals surface area contributed by atoms with Gasteiger partial charge in [-0.3, -0.25) is 19.2 Å². The molecule has 176 valence electrons. The minimum absolute atomic E-state index is 0.0401. The Bertz CT molecular complexity index is 606. The smallest absolute Gasteiger partial charge is 0.333 e. The minimum atomic E-state index is -0.697. The van der Waals surface area contributed by atoms with Gasteiger partial charge in [-0.05, 0) is 19.3 Å². The molecule has 1 saturated heterocycles. The first kappa shape index (κ1) is 26.6. The molecule has 1 heterocycles. The Labute approximate surface area is 184 Å². The SMILES string of the molecule is CCCCCCC(=O)NC(CCCCC)C(=O)NCCCC(=O)ON1C(=O)CCC1=O. The van der Waals surface area contributed by atoms with E-state index in [1.54, 1.807) is 0 Å². The fourth-order valence-electron chi connectivity index (χ4n) is 3.22. The highest BCUT2D eigenvalue weighted by atomic mass is 16.7. The van der Waals surface area contributed by atoms with Gasteiger partial charge in [0.25, 0.3) is 11.8 Å². The van der Waals surface area contributed by atoms with Crippen LogP contribution in [0.3, 0.4) is 0 Å². The van der Waals surface area contributed by atoms with E-state index in [9.17, 15) is 24.0 Å². The molecule has 1 atom stereocenters. The molecule has 0 aliphatic carbocycles. The fourth-order valence-corrected chi connectivity index (χ4v) is 3.22. The van der Waals surface area contributed by atoms with Crippen LogP contribution in [0.1, 0.15) is 97.3 Å². The van der Waals surface area contributed by atoms with Crippen molar-refractivity contribution in [2.75, 3.05) is 6.54 Å². The van der Waals surface area contributed by atoms with Gasteiger partial charge in [0, 0.05) is 32.2 Å². The molecular weight excluding hydrogens is 402 g/mol. The third-order valence-corrected chi connectivity index (χ3v) is 5.06. The Morgan fingerprint density at radius 1 is 0.903 bits per heavy atom. The van der Waals surface area contributed by atoms with E-state index < -0.39 is 23.8 Å².